The Labute approximate surface area is 229 Å². The van der Waals surface area contributed by atoms with Gasteiger partial charge in [0.15, 0.2) is 0 Å². The summed E-state index contributed by atoms with van der Waals surface area (Å²) >= 11 is 0. The second kappa shape index (κ2) is 11.5. The predicted octanol–water partition coefficient (Wildman–Crippen LogP) is 7.67. The van der Waals surface area contributed by atoms with Crippen molar-refractivity contribution in [3.8, 4) is 0 Å². The van der Waals surface area contributed by atoms with Crippen molar-refractivity contribution in [3.05, 3.63) is 105 Å². The lowest BCUT2D eigenvalue weighted by Gasteiger charge is -2.39. The van der Waals surface area contributed by atoms with Crippen molar-refractivity contribution in [1.29, 1.82) is 0 Å². The van der Waals surface area contributed by atoms with Gasteiger partial charge in [-0.2, -0.15) is 13.2 Å². The number of fused-ring (bicyclic) bond motifs is 1. The van der Waals surface area contributed by atoms with Crippen LogP contribution < -0.4 is 0 Å². The number of aromatic carboxylic acids is 1. The molecule has 210 valence electrons. The number of alkyl halides is 4. The van der Waals surface area contributed by atoms with Crippen molar-refractivity contribution in [1.82, 2.24) is 4.90 Å². The van der Waals surface area contributed by atoms with Crippen molar-refractivity contribution in [3.63, 3.8) is 0 Å². The van der Waals surface area contributed by atoms with Crippen molar-refractivity contribution < 1.29 is 31.9 Å². The Balaban J connectivity index is 1.57. The molecular weight excluding hydrogens is 525 g/mol. The lowest BCUT2D eigenvalue weighted by atomic mass is 9.85. The maximum Gasteiger partial charge on any atom is 0.416 e. The van der Waals surface area contributed by atoms with Crippen LogP contribution in [-0.4, -0.2) is 42.3 Å². The highest BCUT2D eigenvalue weighted by Gasteiger charge is 2.35. The first-order valence-corrected chi connectivity index (χ1v) is 13.5. The Morgan fingerprint density at radius 2 is 1.70 bits per heavy atom. The summed E-state index contributed by atoms with van der Waals surface area (Å²) in [6.07, 6.45) is -2.04. The smallest absolute Gasteiger partial charge is 0.416 e. The van der Waals surface area contributed by atoms with Crippen molar-refractivity contribution >= 4 is 17.1 Å². The molecule has 1 saturated heterocycles. The molecule has 1 aliphatic carbocycles. The molecule has 3 nitrogen and oxygen atoms in total. The molecule has 0 atom stereocenters. The number of benzene rings is 3. The number of rotatable bonds is 8. The van der Waals surface area contributed by atoms with Crippen LogP contribution >= 0.6 is 0 Å². The van der Waals surface area contributed by atoms with Gasteiger partial charge < -0.3 is 10.0 Å². The number of aryl methyl sites for hydroxylation is 1. The number of allylic oxidation sites excluding steroid dienone is 1. The molecule has 3 aromatic carbocycles. The number of halogens is 5. The zero-order chi connectivity index (χ0) is 28.4. The summed E-state index contributed by atoms with van der Waals surface area (Å²) in [4.78, 5) is 13.9. The van der Waals surface area contributed by atoms with Crippen LogP contribution in [0.15, 0.2) is 60.7 Å². The Bertz CT molecular complexity index is 1420. The molecule has 8 heteroatoms. The zero-order valence-electron chi connectivity index (χ0n) is 21.9. The first-order valence-electron chi connectivity index (χ1n) is 13.5. The molecular formula is C32H30F5NO2. The third kappa shape index (κ3) is 5.97. The van der Waals surface area contributed by atoms with E-state index < -0.39 is 23.5 Å². The highest BCUT2D eigenvalue weighted by Crippen LogP contribution is 2.44. The normalized spacial score (nSPS) is 16.4. The van der Waals surface area contributed by atoms with Gasteiger partial charge in [-0.3, -0.25) is 4.39 Å². The number of hydrogen-bond donors (Lipinski definition) is 1. The van der Waals surface area contributed by atoms with E-state index in [1.54, 1.807) is 12.1 Å². The number of nitrogens with zero attached hydrogens (tertiary/aromatic N) is 1. The van der Waals surface area contributed by atoms with Gasteiger partial charge in [-0.15, -0.1) is 0 Å². The fourth-order valence-corrected chi connectivity index (χ4v) is 5.95. The van der Waals surface area contributed by atoms with Crippen LogP contribution in [0.4, 0.5) is 22.0 Å². The van der Waals surface area contributed by atoms with Crippen LogP contribution in [0.5, 0.6) is 0 Å². The number of carbonyl (C=O) groups is 1. The average molecular weight is 556 g/mol. The van der Waals surface area contributed by atoms with Crippen LogP contribution in [0.2, 0.25) is 0 Å². The Kier molecular flexibility index (Phi) is 8.08. The van der Waals surface area contributed by atoms with E-state index >= 15 is 0 Å². The molecule has 1 heterocycles. The van der Waals surface area contributed by atoms with Crippen LogP contribution in [0.3, 0.4) is 0 Å². The molecule has 2 aliphatic rings. The molecule has 1 aliphatic heterocycles. The van der Waals surface area contributed by atoms with Gasteiger partial charge in [0.1, 0.15) is 5.82 Å². The van der Waals surface area contributed by atoms with E-state index in [2.05, 4.69) is 4.90 Å². The standard InChI is InChI=1S/C32H30F5NO2/c33-13-2-14-38-18-21(19-38)15-20-5-7-22(8-6-20)30-26-11-9-24(31(39)40)16-23(26)3-1-4-27(30)28-17-25(34)10-12-29(28)32(35,36)37/h5-12,16-17,21H,1-4,13-15,18-19H2,(H,39,40). The summed E-state index contributed by atoms with van der Waals surface area (Å²) in [5, 5.41) is 9.51. The molecule has 1 N–H and O–H groups in total. The van der Waals surface area contributed by atoms with E-state index in [0.717, 1.165) is 55.4 Å². The van der Waals surface area contributed by atoms with Gasteiger partial charge in [0, 0.05) is 19.6 Å². The SMILES string of the molecule is O=C(O)c1ccc2c(c1)CCCC(c1cc(F)ccc1C(F)(F)F)=C2c1ccc(CC2CN(CCCF)C2)cc1. The molecule has 5 rings (SSSR count). The lowest BCUT2D eigenvalue weighted by Crippen LogP contribution is -2.47. The first-order chi connectivity index (χ1) is 19.1. The van der Waals surface area contributed by atoms with Gasteiger partial charge in [0.2, 0.25) is 0 Å². The lowest BCUT2D eigenvalue weighted by molar-refractivity contribution is -0.137. The van der Waals surface area contributed by atoms with E-state index in [-0.39, 0.29) is 24.2 Å². The van der Waals surface area contributed by atoms with Gasteiger partial charge in [0.05, 0.1) is 17.8 Å². The predicted molar refractivity (Wildman–Crippen MR) is 144 cm³/mol. The highest BCUT2D eigenvalue weighted by molar-refractivity contribution is 6.01. The number of carboxylic acids is 1. The van der Waals surface area contributed by atoms with Gasteiger partial charge in [-0.25, -0.2) is 9.18 Å². The van der Waals surface area contributed by atoms with Gasteiger partial charge in [-0.05, 0) is 107 Å². The fourth-order valence-electron chi connectivity index (χ4n) is 5.95. The van der Waals surface area contributed by atoms with E-state index in [1.807, 2.05) is 24.3 Å². The molecule has 0 amide bonds. The summed E-state index contributed by atoms with van der Waals surface area (Å²) in [5.41, 5.74) is 3.16. The van der Waals surface area contributed by atoms with Gasteiger partial charge in [0.25, 0.3) is 0 Å². The van der Waals surface area contributed by atoms with Gasteiger partial charge >= 0.3 is 12.1 Å². The Morgan fingerprint density at radius 3 is 2.38 bits per heavy atom. The van der Waals surface area contributed by atoms with Crippen LogP contribution in [0.25, 0.3) is 11.1 Å². The fraction of sp³-hybridized carbons (Fsp3) is 0.344. The van der Waals surface area contributed by atoms with Crippen molar-refractivity contribution in [2.45, 2.75) is 38.3 Å². The Hall–Kier alpha value is -3.52. The molecule has 0 bridgehead atoms. The summed E-state index contributed by atoms with van der Waals surface area (Å²) in [6.45, 7) is 2.26. The van der Waals surface area contributed by atoms with Crippen molar-refractivity contribution in [2.75, 3.05) is 26.3 Å². The molecule has 0 spiro atoms. The minimum absolute atomic E-state index is 0.111. The summed E-state index contributed by atoms with van der Waals surface area (Å²) in [7, 11) is 0. The molecule has 0 radical (unpaired) electrons. The third-order valence-electron chi connectivity index (χ3n) is 7.82. The molecule has 0 unspecified atom stereocenters. The maximum absolute atomic E-state index is 14.4. The van der Waals surface area contributed by atoms with Crippen LogP contribution in [0.1, 0.15) is 63.0 Å². The molecule has 0 saturated carbocycles. The topological polar surface area (TPSA) is 40.5 Å². The minimum atomic E-state index is -4.67. The maximum atomic E-state index is 14.4. The molecule has 3 aromatic rings. The molecule has 40 heavy (non-hydrogen) atoms. The highest BCUT2D eigenvalue weighted by atomic mass is 19.4. The monoisotopic (exact) mass is 555 g/mol. The zero-order valence-corrected chi connectivity index (χ0v) is 21.9. The summed E-state index contributed by atoms with van der Waals surface area (Å²) < 4.78 is 69.1. The average Bonchev–Trinajstić information content (AvgIpc) is 3.08. The van der Waals surface area contributed by atoms with E-state index in [1.165, 1.54) is 6.07 Å². The van der Waals surface area contributed by atoms with Crippen LogP contribution in [-0.2, 0) is 19.0 Å². The minimum Gasteiger partial charge on any atom is -0.478 e. The summed E-state index contributed by atoms with van der Waals surface area (Å²) in [6, 6.07) is 15.0. The number of hydrogen-bond acceptors (Lipinski definition) is 2. The third-order valence-corrected chi connectivity index (χ3v) is 7.82. The molecule has 1 fully saturated rings. The number of likely N-dealkylation sites (tertiary alicyclic amines) is 1. The summed E-state index contributed by atoms with van der Waals surface area (Å²) in [5.74, 6) is -1.36. The van der Waals surface area contributed by atoms with E-state index in [9.17, 15) is 31.9 Å². The molecule has 0 aromatic heterocycles. The van der Waals surface area contributed by atoms with Crippen molar-refractivity contribution in [2.24, 2.45) is 5.92 Å². The van der Waals surface area contributed by atoms with Gasteiger partial charge in [-0.1, -0.05) is 30.3 Å². The van der Waals surface area contributed by atoms with E-state index in [4.69, 9.17) is 0 Å². The largest absolute Gasteiger partial charge is 0.478 e. The van der Waals surface area contributed by atoms with Crippen LogP contribution in [0, 0.1) is 11.7 Å². The quantitative estimate of drug-likeness (QED) is 0.290. The first kappa shape index (κ1) is 28.0. The number of carboxylic acid groups (broad SMARTS) is 1. The second-order valence-corrected chi connectivity index (χ2v) is 10.6. The van der Waals surface area contributed by atoms with E-state index in [0.29, 0.717) is 47.5 Å². The second-order valence-electron chi connectivity index (χ2n) is 10.6. The Morgan fingerprint density at radius 1 is 0.950 bits per heavy atom.